The summed E-state index contributed by atoms with van der Waals surface area (Å²) in [5, 5.41) is 6.59. The van der Waals surface area contributed by atoms with Gasteiger partial charge >= 0.3 is 5.97 Å². The fourth-order valence-electron chi connectivity index (χ4n) is 1.70. The Morgan fingerprint density at radius 1 is 1.48 bits per heavy atom. The van der Waals surface area contributed by atoms with Crippen LogP contribution < -0.4 is 5.32 Å². The number of benzene rings is 1. The molecule has 0 amide bonds. The highest BCUT2D eigenvalue weighted by Gasteiger charge is 2.21. The van der Waals surface area contributed by atoms with Crippen molar-refractivity contribution in [3.63, 3.8) is 0 Å². The predicted molar refractivity (Wildman–Crippen MR) is 87.8 cm³/mol. The fourth-order valence-corrected chi connectivity index (χ4v) is 2.34. The molecule has 1 rings (SSSR count). The van der Waals surface area contributed by atoms with Crippen molar-refractivity contribution in [3.05, 3.63) is 43.2 Å². The molecule has 1 aromatic rings. The minimum atomic E-state index is -0.541. The molecule has 0 aliphatic carbocycles. The Labute approximate surface area is 140 Å². The van der Waals surface area contributed by atoms with Crippen LogP contribution in [0.4, 0.5) is 0 Å². The second-order valence-corrected chi connectivity index (χ2v) is 5.83. The number of esters is 1. The molecular formula is C13H16Br2N4O2. The topological polar surface area (TPSA) is 87.1 Å². The molecule has 1 atom stereocenters. The van der Waals surface area contributed by atoms with Gasteiger partial charge < -0.3 is 10.1 Å². The molecule has 0 spiro atoms. The largest absolute Gasteiger partial charge is 0.465 e. The van der Waals surface area contributed by atoms with Crippen molar-refractivity contribution in [1.82, 2.24) is 5.32 Å². The summed E-state index contributed by atoms with van der Waals surface area (Å²) in [7, 11) is 0. The van der Waals surface area contributed by atoms with Crippen molar-refractivity contribution in [2.45, 2.75) is 19.4 Å². The lowest BCUT2D eigenvalue weighted by Crippen LogP contribution is -2.31. The van der Waals surface area contributed by atoms with Crippen LogP contribution in [0.2, 0.25) is 0 Å². The normalized spacial score (nSPS) is 11.6. The molecule has 0 saturated heterocycles. The van der Waals surface area contributed by atoms with E-state index in [1.807, 2.05) is 18.2 Å². The van der Waals surface area contributed by atoms with Crippen molar-refractivity contribution < 1.29 is 9.53 Å². The maximum Gasteiger partial charge on any atom is 0.327 e. The molecule has 0 bridgehead atoms. The monoisotopic (exact) mass is 418 g/mol. The van der Waals surface area contributed by atoms with Gasteiger partial charge in [-0.15, -0.1) is 0 Å². The van der Waals surface area contributed by atoms with Crippen LogP contribution in [0.15, 0.2) is 32.3 Å². The molecule has 114 valence electrons. The molecule has 6 nitrogen and oxygen atoms in total. The van der Waals surface area contributed by atoms with Crippen LogP contribution >= 0.6 is 31.9 Å². The van der Waals surface area contributed by atoms with E-state index in [-0.39, 0.29) is 5.97 Å². The van der Waals surface area contributed by atoms with Gasteiger partial charge in [-0.3, -0.25) is 0 Å². The molecule has 0 fully saturated rings. The highest BCUT2D eigenvalue weighted by molar-refractivity contribution is 9.13. The Morgan fingerprint density at radius 3 is 2.86 bits per heavy atom. The molecule has 0 saturated carbocycles. The summed E-state index contributed by atoms with van der Waals surface area (Å²) in [6, 6.07) is 5.05. The van der Waals surface area contributed by atoms with Gasteiger partial charge in [-0.25, -0.2) is 4.79 Å². The van der Waals surface area contributed by atoms with E-state index in [1.165, 1.54) is 0 Å². The Balaban J connectivity index is 2.78. The number of rotatable bonds is 8. The lowest BCUT2D eigenvalue weighted by Gasteiger charge is -2.18. The Morgan fingerprint density at radius 2 is 2.24 bits per heavy atom. The zero-order chi connectivity index (χ0) is 15.7. The first-order valence-electron chi connectivity index (χ1n) is 6.46. The molecule has 0 aliphatic rings. The molecule has 0 aliphatic heterocycles. The van der Waals surface area contributed by atoms with E-state index in [4.69, 9.17) is 10.3 Å². The van der Waals surface area contributed by atoms with Crippen molar-refractivity contribution in [2.24, 2.45) is 5.11 Å². The van der Waals surface area contributed by atoms with Crippen molar-refractivity contribution in [1.29, 1.82) is 0 Å². The molecule has 0 radical (unpaired) electrons. The van der Waals surface area contributed by atoms with Gasteiger partial charge in [-0.1, -0.05) is 11.2 Å². The molecule has 1 N–H and O–H groups in total. The fraction of sp³-hybridized carbons (Fsp3) is 0.462. The van der Waals surface area contributed by atoms with Gasteiger partial charge in [0.1, 0.15) is 6.04 Å². The zero-order valence-corrected chi connectivity index (χ0v) is 14.7. The number of halogens is 2. The minimum absolute atomic E-state index is 0.324. The summed E-state index contributed by atoms with van der Waals surface area (Å²) in [5.74, 6) is -0.324. The van der Waals surface area contributed by atoms with Gasteiger partial charge in [0.05, 0.1) is 6.61 Å². The smallest absolute Gasteiger partial charge is 0.327 e. The molecule has 1 unspecified atom stereocenters. The number of ether oxygens (including phenoxy) is 1. The number of hydrogen-bond donors (Lipinski definition) is 1. The number of carbonyl (C=O) groups is 1. The van der Waals surface area contributed by atoms with E-state index >= 15 is 0 Å². The third-order valence-electron chi connectivity index (χ3n) is 2.65. The Hall–Kier alpha value is -1.08. The van der Waals surface area contributed by atoms with Crippen LogP contribution in [0.3, 0.4) is 0 Å². The highest BCUT2D eigenvalue weighted by Crippen LogP contribution is 2.27. The van der Waals surface area contributed by atoms with Crippen LogP contribution in [0, 0.1) is 0 Å². The quantitative estimate of drug-likeness (QED) is 0.226. The number of hydrogen-bond acceptors (Lipinski definition) is 4. The SMILES string of the molecule is CCOC(=O)C(NCCCN=[N+]=[N-])c1ccc(Br)c(Br)c1. The van der Waals surface area contributed by atoms with Crippen LogP contribution in [0.1, 0.15) is 24.9 Å². The average Bonchev–Trinajstić information content (AvgIpc) is 2.46. The van der Waals surface area contributed by atoms with E-state index in [2.05, 4.69) is 47.2 Å². The van der Waals surface area contributed by atoms with Crippen LogP contribution in [-0.4, -0.2) is 25.7 Å². The number of nitrogens with one attached hydrogen (secondary N) is 1. The van der Waals surface area contributed by atoms with E-state index < -0.39 is 6.04 Å². The summed E-state index contributed by atoms with van der Waals surface area (Å²) in [5.41, 5.74) is 9.03. The maximum atomic E-state index is 12.1. The minimum Gasteiger partial charge on any atom is -0.465 e. The predicted octanol–water partition coefficient (Wildman–Crippen LogP) is 4.11. The van der Waals surface area contributed by atoms with Gasteiger partial charge in [0.15, 0.2) is 0 Å². The van der Waals surface area contributed by atoms with Gasteiger partial charge in [0.25, 0.3) is 0 Å². The van der Waals surface area contributed by atoms with Gasteiger partial charge in [0.2, 0.25) is 0 Å². The number of nitrogens with zero attached hydrogens (tertiary/aromatic N) is 3. The maximum absolute atomic E-state index is 12.1. The molecular weight excluding hydrogens is 404 g/mol. The summed E-state index contributed by atoms with van der Waals surface area (Å²) < 4.78 is 6.88. The highest BCUT2D eigenvalue weighted by atomic mass is 79.9. The van der Waals surface area contributed by atoms with Crippen molar-refractivity contribution in [2.75, 3.05) is 19.7 Å². The van der Waals surface area contributed by atoms with Gasteiger partial charge in [0, 0.05) is 20.4 Å². The number of azide groups is 1. The molecule has 8 heteroatoms. The van der Waals surface area contributed by atoms with Crippen LogP contribution in [-0.2, 0) is 9.53 Å². The first kappa shape index (κ1) is 18.0. The second-order valence-electron chi connectivity index (χ2n) is 4.12. The second kappa shape index (κ2) is 9.78. The van der Waals surface area contributed by atoms with E-state index in [1.54, 1.807) is 6.92 Å². The van der Waals surface area contributed by atoms with Crippen LogP contribution in [0.5, 0.6) is 0 Å². The first-order valence-corrected chi connectivity index (χ1v) is 8.04. The molecule has 1 aromatic carbocycles. The third kappa shape index (κ3) is 6.05. The molecule has 21 heavy (non-hydrogen) atoms. The Kier molecular flexibility index (Phi) is 8.37. The summed E-state index contributed by atoms with van der Waals surface area (Å²) in [6.45, 7) is 3.04. The average molecular weight is 420 g/mol. The third-order valence-corrected chi connectivity index (χ3v) is 4.53. The number of carbonyl (C=O) groups excluding carboxylic acids is 1. The Bertz CT molecular complexity index is 533. The van der Waals surface area contributed by atoms with Crippen LogP contribution in [0.25, 0.3) is 10.4 Å². The zero-order valence-electron chi connectivity index (χ0n) is 11.6. The van der Waals surface area contributed by atoms with E-state index in [0.29, 0.717) is 26.1 Å². The van der Waals surface area contributed by atoms with Crippen molar-refractivity contribution >= 4 is 37.8 Å². The standard InChI is InChI=1S/C13H16Br2N4O2/c1-2-21-13(20)12(17-6-3-7-18-19-16)9-4-5-10(14)11(15)8-9/h4-5,8,12,17H,2-3,6-7H2,1H3. The lowest BCUT2D eigenvalue weighted by molar-refractivity contribution is -0.145. The summed E-state index contributed by atoms with van der Waals surface area (Å²) >= 11 is 6.82. The van der Waals surface area contributed by atoms with Crippen molar-refractivity contribution in [3.8, 4) is 0 Å². The van der Waals surface area contributed by atoms with E-state index in [0.717, 1.165) is 14.5 Å². The van der Waals surface area contributed by atoms with Gasteiger partial charge in [-0.05, 0) is 75.0 Å². The lowest BCUT2D eigenvalue weighted by atomic mass is 10.1. The summed E-state index contributed by atoms with van der Waals surface area (Å²) in [4.78, 5) is 14.8. The molecule has 0 heterocycles. The van der Waals surface area contributed by atoms with E-state index in [9.17, 15) is 4.79 Å². The molecule has 0 aromatic heterocycles. The summed E-state index contributed by atoms with van der Waals surface area (Å²) in [6.07, 6.45) is 0.650. The van der Waals surface area contributed by atoms with Gasteiger partial charge in [-0.2, -0.15) is 0 Å². The first-order chi connectivity index (χ1) is 10.1.